The van der Waals surface area contributed by atoms with Gasteiger partial charge in [0.05, 0.1) is 0 Å². The molecule has 8 atom stereocenters. The monoisotopic (exact) mass is 1090 g/mol. The van der Waals surface area contributed by atoms with Crippen molar-refractivity contribution in [3.8, 4) is 92.0 Å². The Labute approximate surface area is 460 Å². The van der Waals surface area contributed by atoms with Crippen LogP contribution in [0.15, 0.2) is 121 Å². The zero-order chi connectivity index (χ0) is 57.8. The van der Waals surface area contributed by atoms with Gasteiger partial charge in [-0.2, -0.15) is 0 Å². The first-order chi connectivity index (χ1) is 37.9. The Kier molecular flexibility index (Phi) is 15.1. The van der Waals surface area contributed by atoms with Gasteiger partial charge in [-0.15, -0.1) is 0 Å². The maximum atomic E-state index is 10.1. The Bertz CT molecular complexity index is 3420. The van der Waals surface area contributed by atoms with Gasteiger partial charge in [0.2, 0.25) is 0 Å². The topological polar surface area (TPSA) is 324 Å². The van der Waals surface area contributed by atoms with E-state index in [1.54, 1.807) is 60.7 Å². The van der Waals surface area contributed by atoms with Gasteiger partial charge in [-0.1, -0.05) is 64.1 Å². The van der Waals surface area contributed by atoms with Crippen LogP contribution in [0, 0.1) is 0 Å². The molecule has 8 aromatic carbocycles. The summed E-state index contributed by atoms with van der Waals surface area (Å²) in [5.74, 6) is -1.28. The first-order valence-corrected chi connectivity index (χ1v) is 26.2. The summed E-state index contributed by atoms with van der Waals surface area (Å²) in [6, 6.07) is 32.0. The molecule has 12 rings (SSSR count). The highest BCUT2D eigenvalue weighted by Gasteiger charge is 2.36. The third-order valence-electron chi connectivity index (χ3n) is 16.4. The second-order valence-corrected chi connectivity index (χ2v) is 21.6. The van der Waals surface area contributed by atoms with E-state index >= 15 is 0 Å². The van der Waals surface area contributed by atoms with Crippen molar-refractivity contribution in [1.82, 2.24) is 0 Å². The predicted octanol–water partition coefficient (Wildman–Crippen LogP) is 12.6. The van der Waals surface area contributed by atoms with Crippen LogP contribution < -0.4 is 0 Å². The first kappa shape index (κ1) is 55.3. The van der Waals surface area contributed by atoms with Crippen LogP contribution in [-0.2, 0) is 0 Å². The van der Waals surface area contributed by atoms with Crippen LogP contribution in [-0.4, -0.2) is 81.7 Å². The van der Waals surface area contributed by atoms with Crippen molar-refractivity contribution in [1.29, 1.82) is 0 Å². The van der Waals surface area contributed by atoms with Gasteiger partial charge in [0.1, 0.15) is 0 Å². The zero-order valence-electron chi connectivity index (χ0n) is 44.1. The standard InChI is InChI=1S/4C16H16O4/c2*1-8-6-11(9-2-4-12(17)14(19)7-9)15-10(8)3-5-13(18)16(15)20;2*1-8-4-11(9-2-3-13(17)14(18)5-9)12-7-16(20)15(19)6-10(8)12/h2*2-5,7-8,11,17-20H,6H2,1H3;2*2-3,5-8,11,17-20H,4H2,1H3/t8-,11+;8-,11-;8-,11+;8-,11-/m1100/s1. The van der Waals surface area contributed by atoms with Crippen LogP contribution >= 0.6 is 0 Å². The fourth-order valence-corrected chi connectivity index (χ4v) is 12.2. The summed E-state index contributed by atoms with van der Waals surface area (Å²) >= 11 is 0. The van der Waals surface area contributed by atoms with Gasteiger partial charge in [-0.25, -0.2) is 0 Å². The van der Waals surface area contributed by atoms with E-state index in [1.165, 1.54) is 48.5 Å². The lowest BCUT2D eigenvalue weighted by Gasteiger charge is -2.15. The molecule has 0 aliphatic heterocycles. The molecule has 0 amide bonds. The highest BCUT2D eigenvalue weighted by molar-refractivity contribution is 5.61. The summed E-state index contributed by atoms with van der Waals surface area (Å²) in [4.78, 5) is 0. The summed E-state index contributed by atoms with van der Waals surface area (Å²) in [6.07, 6.45) is 3.25. The molecule has 4 aliphatic rings. The summed E-state index contributed by atoms with van der Waals surface area (Å²) in [5.41, 5.74) is 10.8. The highest BCUT2D eigenvalue weighted by Crippen LogP contribution is 2.55. The summed E-state index contributed by atoms with van der Waals surface area (Å²) in [5, 5.41) is 154. The normalized spacial score (nSPS) is 20.9. The van der Waals surface area contributed by atoms with Gasteiger partial charge in [0.15, 0.2) is 92.0 Å². The Morgan fingerprint density at radius 1 is 0.225 bits per heavy atom. The van der Waals surface area contributed by atoms with Gasteiger partial charge < -0.3 is 81.7 Å². The van der Waals surface area contributed by atoms with E-state index in [9.17, 15) is 81.7 Å². The van der Waals surface area contributed by atoms with Crippen molar-refractivity contribution in [2.24, 2.45) is 0 Å². The maximum Gasteiger partial charge on any atom is 0.161 e. The van der Waals surface area contributed by atoms with Gasteiger partial charge in [0, 0.05) is 34.8 Å². The second-order valence-electron chi connectivity index (χ2n) is 21.6. The number of benzene rings is 8. The summed E-state index contributed by atoms with van der Waals surface area (Å²) in [7, 11) is 0. The van der Waals surface area contributed by atoms with Crippen molar-refractivity contribution in [2.75, 3.05) is 0 Å². The van der Waals surface area contributed by atoms with Crippen LogP contribution in [0.4, 0.5) is 0 Å². The Morgan fingerprint density at radius 2 is 0.450 bits per heavy atom. The van der Waals surface area contributed by atoms with E-state index in [2.05, 4.69) is 27.7 Å². The molecule has 4 aliphatic carbocycles. The molecule has 0 spiro atoms. The third kappa shape index (κ3) is 10.5. The molecule has 0 saturated heterocycles. The van der Waals surface area contributed by atoms with E-state index < -0.39 is 0 Å². The first-order valence-electron chi connectivity index (χ1n) is 26.2. The second kappa shape index (κ2) is 21.8. The Morgan fingerprint density at radius 3 is 0.738 bits per heavy atom. The van der Waals surface area contributed by atoms with Crippen LogP contribution in [0.2, 0.25) is 0 Å². The number of phenols is 16. The van der Waals surface area contributed by atoms with Crippen molar-refractivity contribution < 1.29 is 81.7 Å². The number of aromatic hydroxyl groups is 16. The van der Waals surface area contributed by atoms with Crippen LogP contribution in [0.25, 0.3) is 0 Å². The van der Waals surface area contributed by atoms with E-state index in [4.69, 9.17) is 0 Å². The maximum absolute atomic E-state index is 10.1. The molecule has 16 nitrogen and oxygen atoms in total. The largest absolute Gasteiger partial charge is 0.504 e. The number of rotatable bonds is 4. The van der Waals surface area contributed by atoms with E-state index in [0.717, 1.165) is 81.3 Å². The van der Waals surface area contributed by atoms with E-state index in [1.807, 2.05) is 12.1 Å². The fraction of sp³-hybridized carbons (Fsp3) is 0.250. The quantitative estimate of drug-likeness (QED) is 0.0728. The molecule has 8 aromatic rings. The SMILES string of the molecule is C[C@@H]1C[C@@H](c2ccc(O)c(O)c2)c2c1ccc(O)c2O.C[C@@H]1C[C@H](c2ccc(O)c(O)c2)c2c1ccc(O)c2O.C[C@H]1C[C@@H](c2ccc(O)c(O)c2)c2cc(O)c(O)cc21.C[C@H]1C[C@H](c2ccc(O)c(O)c2)c2cc(O)c(O)cc21. The molecule has 416 valence electrons. The van der Waals surface area contributed by atoms with Crippen molar-refractivity contribution in [3.63, 3.8) is 0 Å². The lowest BCUT2D eigenvalue weighted by molar-refractivity contribution is 0.397. The molecule has 0 saturated carbocycles. The number of hydrogen-bond acceptors (Lipinski definition) is 16. The minimum Gasteiger partial charge on any atom is -0.504 e. The smallest absolute Gasteiger partial charge is 0.161 e. The molecule has 80 heavy (non-hydrogen) atoms. The summed E-state index contributed by atoms with van der Waals surface area (Å²) in [6.45, 7) is 8.26. The van der Waals surface area contributed by atoms with Crippen molar-refractivity contribution in [2.45, 2.75) is 101 Å². The van der Waals surface area contributed by atoms with E-state index in [0.29, 0.717) is 11.1 Å². The molecule has 0 heterocycles. The van der Waals surface area contributed by atoms with Gasteiger partial charge in [0.25, 0.3) is 0 Å². The van der Waals surface area contributed by atoms with Crippen LogP contribution in [0.5, 0.6) is 92.0 Å². The average Bonchev–Trinajstić information content (AvgIpc) is 4.29. The zero-order valence-corrected chi connectivity index (χ0v) is 44.1. The number of fused-ring (bicyclic) bond motifs is 4. The van der Waals surface area contributed by atoms with Gasteiger partial charge >= 0.3 is 0 Å². The minimum absolute atomic E-state index is 0.0398. The average molecular weight is 1090 g/mol. The molecule has 16 heteroatoms. The molecule has 0 bridgehead atoms. The highest BCUT2D eigenvalue weighted by atomic mass is 16.3. The number of hydrogen-bond donors (Lipinski definition) is 16. The molecule has 0 radical (unpaired) electrons. The fourth-order valence-electron chi connectivity index (χ4n) is 12.2. The van der Waals surface area contributed by atoms with E-state index in [-0.39, 0.29) is 139 Å². The summed E-state index contributed by atoms with van der Waals surface area (Å²) < 4.78 is 0. The van der Waals surface area contributed by atoms with Crippen LogP contribution in [0.3, 0.4) is 0 Å². The predicted molar refractivity (Wildman–Crippen MR) is 298 cm³/mol. The lowest BCUT2D eigenvalue weighted by Crippen LogP contribution is -1.96. The molecule has 0 unspecified atom stereocenters. The van der Waals surface area contributed by atoms with Crippen LogP contribution in [0.1, 0.15) is 167 Å². The van der Waals surface area contributed by atoms with Crippen molar-refractivity contribution in [3.05, 3.63) is 188 Å². The minimum atomic E-state index is -0.178. The third-order valence-corrected chi connectivity index (χ3v) is 16.4. The Hall–Kier alpha value is -9.44. The van der Waals surface area contributed by atoms with Crippen molar-refractivity contribution >= 4 is 0 Å². The Balaban J connectivity index is 0.000000129. The molecular formula is C64H64O16. The molecular weight excluding hydrogens is 1020 g/mol. The molecule has 16 N–H and O–H groups in total. The lowest BCUT2D eigenvalue weighted by atomic mass is 9.91. The molecule has 0 fully saturated rings. The molecule has 0 aromatic heterocycles. The van der Waals surface area contributed by atoms with Gasteiger partial charge in [-0.05, 0) is 190 Å². The van der Waals surface area contributed by atoms with Gasteiger partial charge in [-0.3, -0.25) is 0 Å². The number of phenolic OH excluding ortho intramolecular Hbond substituents is 16.